The third-order valence-electron chi connectivity index (χ3n) is 6.08. The second-order valence-corrected chi connectivity index (χ2v) is 10.5. The van der Waals surface area contributed by atoms with Crippen LogP contribution in [0.3, 0.4) is 0 Å². The summed E-state index contributed by atoms with van der Waals surface area (Å²) in [5.41, 5.74) is 1.72. The van der Waals surface area contributed by atoms with E-state index in [2.05, 4.69) is 44.6 Å². The van der Waals surface area contributed by atoms with Crippen molar-refractivity contribution in [3.63, 3.8) is 0 Å². The summed E-state index contributed by atoms with van der Waals surface area (Å²) < 4.78 is 2.10. The van der Waals surface area contributed by atoms with Crippen molar-refractivity contribution in [1.29, 1.82) is 0 Å². The van der Waals surface area contributed by atoms with Crippen LogP contribution in [0, 0.1) is 11.8 Å². The van der Waals surface area contributed by atoms with Crippen molar-refractivity contribution >= 4 is 34.1 Å². The van der Waals surface area contributed by atoms with Gasteiger partial charge in [-0.2, -0.15) is 0 Å². The molecular weight excluding hydrogens is 424 g/mol. The minimum atomic E-state index is -0.0660. The van der Waals surface area contributed by atoms with E-state index < -0.39 is 0 Å². The second kappa shape index (κ2) is 10.0. The smallest absolute Gasteiger partial charge is 0.254 e. The van der Waals surface area contributed by atoms with Gasteiger partial charge in [-0.1, -0.05) is 20.8 Å². The van der Waals surface area contributed by atoms with Crippen LogP contribution in [0.2, 0.25) is 0 Å². The van der Waals surface area contributed by atoms with E-state index in [0.29, 0.717) is 35.4 Å². The number of nitrogens with one attached hydrogen (secondary N) is 3. The Morgan fingerprint density at radius 2 is 2.09 bits per heavy atom. The van der Waals surface area contributed by atoms with Crippen LogP contribution >= 0.6 is 11.3 Å². The molecule has 32 heavy (non-hydrogen) atoms. The highest BCUT2D eigenvalue weighted by molar-refractivity contribution is 7.17. The van der Waals surface area contributed by atoms with Crippen LogP contribution in [0.1, 0.15) is 79.7 Å². The summed E-state index contributed by atoms with van der Waals surface area (Å²) in [6, 6.07) is 0.177. The van der Waals surface area contributed by atoms with Gasteiger partial charge in [0, 0.05) is 30.4 Å². The Morgan fingerprint density at radius 3 is 2.81 bits per heavy atom. The number of aryl methyl sites for hydroxylation is 1. The number of carbonyl (C=O) groups is 2. The Balaban J connectivity index is 1.58. The predicted octanol–water partition coefficient (Wildman–Crippen LogP) is 4.02. The maximum Gasteiger partial charge on any atom is 0.254 e. The van der Waals surface area contributed by atoms with Gasteiger partial charge in [-0.25, -0.2) is 0 Å². The molecule has 0 spiro atoms. The molecule has 2 aliphatic carbocycles. The number of carbonyl (C=O) groups excluding carboxylic acids is 2. The van der Waals surface area contributed by atoms with Crippen molar-refractivity contribution in [2.45, 2.75) is 71.8 Å². The summed E-state index contributed by atoms with van der Waals surface area (Å²) in [4.78, 5) is 26.7. The zero-order chi connectivity index (χ0) is 22.7. The van der Waals surface area contributed by atoms with E-state index in [4.69, 9.17) is 0 Å². The summed E-state index contributed by atoms with van der Waals surface area (Å²) in [5, 5.41) is 18.6. The van der Waals surface area contributed by atoms with E-state index in [1.165, 1.54) is 17.7 Å². The highest BCUT2D eigenvalue weighted by Gasteiger charge is 2.32. The van der Waals surface area contributed by atoms with Gasteiger partial charge in [0.15, 0.2) is 0 Å². The minimum absolute atomic E-state index is 0.0297. The van der Waals surface area contributed by atoms with Gasteiger partial charge in [0.1, 0.15) is 11.3 Å². The van der Waals surface area contributed by atoms with Gasteiger partial charge in [-0.15, -0.1) is 21.5 Å². The lowest BCUT2D eigenvalue weighted by Gasteiger charge is -2.25. The van der Waals surface area contributed by atoms with Crippen LogP contribution in [-0.2, 0) is 17.6 Å². The zero-order valence-corrected chi connectivity index (χ0v) is 20.1. The normalized spacial score (nSPS) is 17.8. The van der Waals surface area contributed by atoms with E-state index in [0.717, 1.165) is 43.7 Å². The van der Waals surface area contributed by atoms with E-state index >= 15 is 0 Å². The number of hydrogen-bond acceptors (Lipinski definition) is 6. The van der Waals surface area contributed by atoms with Crippen LogP contribution < -0.4 is 16.0 Å². The number of hydrogen-bond donors (Lipinski definition) is 3. The van der Waals surface area contributed by atoms with Gasteiger partial charge in [-0.05, 0) is 55.9 Å². The number of nitrogens with zero attached hydrogens (tertiary/aromatic N) is 3. The Morgan fingerprint density at radius 1 is 1.28 bits per heavy atom. The number of rotatable bonds is 10. The van der Waals surface area contributed by atoms with Crippen molar-refractivity contribution in [3.8, 4) is 0 Å². The fourth-order valence-corrected chi connectivity index (χ4v) is 5.38. The van der Waals surface area contributed by atoms with Crippen LogP contribution in [0.5, 0.6) is 0 Å². The van der Waals surface area contributed by atoms with Crippen molar-refractivity contribution < 1.29 is 9.59 Å². The van der Waals surface area contributed by atoms with Crippen LogP contribution in [0.15, 0.2) is 6.33 Å². The Bertz CT molecular complexity index is 962. The molecule has 9 heteroatoms. The summed E-state index contributed by atoms with van der Waals surface area (Å²) in [6.07, 6.45) is 7.94. The first-order valence-corrected chi connectivity index (χ1v) is 12.6. The lowest BCUT2D eigenvalue weighted by molar-refractivity contribution is -0.116. The molecule has 4 rings (SSSR count). The lowest BCUT2D eigenvalue weighted by Crippen LogP contribution is -2.28. The summed E-state index contributed by atoms with van der Waals surface area (Å²) in [7, 11) is 0. The predicted molar refractivity (Wildman–Crippen MR) is 127 cm³/mol. The number of anilines is 2. The molecule has 0 radical (unpaired) electrons. The van der Waals surface area contributed by atoms with E-state index in [1.54, 1.807) is 17.7 Å². The van der Waals surface area contributed by atoms with E-state index in [1.807, 2.05) is 6.92 Å². The summed E-state index contributed by atoms with van der Waals surface area (Å²) in [6.45, 7) is 7.85. The van der Waals surface area contributed by atoms with Crippen molar-refractivity contribution in [3.05, 3.63) is 22.3 Å². The summed E-state index contributed by atoms with van der Waals surface area (Å²) in [5.74, 6) is 1.79. The van der Waals surface area contributed by atoms with Crippen LogP contribution in [0.25, 0.3) is 0 Å². The number of fused-ring (bicyclic) bond motifs is 1. The quantitative estimate of drug-likeness (QED) is 0.499. The van der Waals surface area contributed by atoms with Gasteiger partial charge in [-0.3, -0.25) is 14.2 Å². The van der Waals surface area contributed by atoms with Gasteiger partial charge >= 0.3 is 0 Å². The molecule has 1 fully saturated rings. The number of amides is 2. The first-order chi connectivity index (χ1) is 15.5. The zero-order valence-electron chi connectivity index (χ0n) is 19.2. The molecule has 1 unspecified atom stereocenters. The van der Waals surface area contributed by atoms with Gasteiger partial charge in [0.25, 0.3) is 5.91 Å². The lowest BCUT2D eigenvalue weighted by atomic mass is 9.91. The Hall–Kier alpha value is -2.42. The largest absolute Gasteiger partial charge is 0.354 e. The Labute approximate surface area is 193 Å². The first kappa shape index (κ1) is 22.8. The topological polar surface area (TPSA) is 101 Å². The molecule has 1 atom stereocenters. The second-order valence-electron chi connectivity index (χ2n) is 9.39. The Kier molecular flexibility index (Phi) is 7.13. The molecule has 174 valence electrons. The molecule has 1 saturated carbocycles. The van der Waals surface area contributed by atoms with Crippen molar-refractivity contribution in [1.82, 2.24) is 20.1 Å². The SMILES string of the molecule is CCCC(=O)Nc1sc2c(c1C(=O)NCC1CC1)CC(n1cnnc1NCC(C)C)CC2. The monoisotopic (exact) mass is 458 g/mol. The average Bonchev–Trinajstić information content (AvgIpc) is 3.35. The molecule has 2 heterocycles. The molecular formula is C23H34N6O2S. The van der Waals surface area contributed by atoms with Gasteiger partial charge < -0.3 is 16.0 Å². The molecule has 0 bridgehead atoms. The molecule has 0 aliphatic heterocycles. The highest BCUT2D eigenvalue weighted by atomic mass is 32.1. The molecule has 2 aromatic heterocycles. The molecule has 0 aromatic carbocycles. The molecule has 2 aliphatic rings. The van der Waals surface area contributed by atoms with Gasteiger partial charge in [0.2, 0.25) is 11.9 Å². The highest BCUT2D eigenvalue weighted by Crippen LogP contribution is 2.41. The first-order valence-electron chi connectivity index (χ1n) is 11.8. The fraction of sp³-hybridized carbons (Fsp3) is 0.652. The maximum atomic E-state index is 13.2. The maximum absolute atomic E-state index is 13.2. The standard InChI is InChI=1S/C23H34N6O2S/c1-4-5-19(30)27-22-20(21(31)24-12-15-6-7-15)17-10-16(8-9-18(17)32-22)29-13-26-28-23(29)25-11-14(2)3/h13-16H,4-12H2,1-3H3,(H,24,31)(H,25,28)(H,27,30). The molecule has 8 nitrogen and oxygen atoms in total. The number of thiophene rings is 1. The third-order valence-corrected chi connectivity index (χ3v) is 7.28. The van der Waals surface area contributed by atoms with Crippen LogP contribution in [-0.4, -0.2) is 39.7 Å². The third kappa shape index (κ3) is 5.31. The van der Waals surface area contributed by atoms with Crippen molar-refractivity contribution in [2.75, 3.05) is 23.7 Å². The molecule has 2 aromatic rings. The molecule has 0 saturated heterocycles. The molecule has 2 amide bonds. The van der Waals surface area contributed by atoms with Crippen molar-refractivity contribution in [2.24, 2.45) is 11.8 Å². The summed E-state index contributed by atoms with van der Waals surface area (Å²) >= 11 is 1.56. The number of aromatic nitrogens is 3. The van der Waals surface area contributed by atoms with Gasteiger partial charge in [0.05, 0.1) is 5.56 Å². The van der Waals surface area contributed by atoms with Crippen LogP contribution in [0.4, 0.5) is 10.9 Å². The van der Waals surface area contributed by atoms with E-state index in [-0.39, 0.29) is 17.9 Å². The van der Waals surface area contributed by atoms with E-state index in [9.17, 15) is 9.59 Å². The average molecular weight is 459 g/mol. The molecule has 3 N–H and O–H groups in total. The fourth-order valence-electron chi connectivity index (χ4n) is 4.13. The minimum Gasteiger partial charge on any atom is -0.354 e.